The van der Waals surface area contributed by atoms with Gasteiger partial charge in [0.2, 0.25) is 0 Å². The van der Waals surface area contributed by atoms with Crippen LogP contribution >= 0.6 is 11.6 Å². The Hall–Kier alpha value is -1.81. The minimum absolute atomic E-state index is 0.120. The van der Waals surface area contributed by atoms with Gasteiger partial charge in [0.15, 0.2) is 0 Å². The normalized spacial score (nSPS) is 27.7. The summed E-state index contributed by atoms with van der Waals surface area (Å²) in [6.07, 6.45) is -7.14. The molecule has 29 heavy (non-hydrogen) atoms. The maximum atomic E-state index is 15.2. The Balaban J connectivity index is 1.99. The molecule has 1 heterocycles. The van der Waals surface area contributed by atoms with Gasteiger partial charge in [-0.15, -0.1) is 0 Å². The molecule has 0 bridgehead atoms. The first kappa shape index (κ1) is 21.9. The minimum Gasteiger partial charge on any atom is -0.497 e. The molecule has 158 valence electrons. The summed E-state index contributed by atoms with van der Waals surface area (Å²) in [6, 6.07) is 8.94. The predicted octanol–water partition coefficient (Wildman–Crippen LogP) is 2.00. The van der Waals surface area contributed by atoms with Gasteiger partial charge in [-0.3, -0.25) is 0 Å². The molecule has 0 amide bonds. The highest BCUT2D eigenvalue weighted by atomic mass is 35.5. The maximum absolute atomic E-state index is 15.2. The van der Waals surface area contributed by atoms with Gasteiger partial charge in [0.05, 0.1) is 18.7 Å². The van der Waals surface area contributed by atoms with Gasteiger partial charge in [-0.05, 0) is 42.0 Å². The van der Waals surface area contributed by atoms with E-state index < -0.39 is 48.6 Å². The minimum atomic E-state index is -3.46. The van der Waals surface area contributed by atoms with Gasteiger partial charge in [-0.1, -0.05) is 17.7 Å². The topological polar surface area (TPSA) is 99.4 Å². The van der Waals surface area contributed by atoms with Gasteiger partial charge in [0.25, 0.3) is 5.92 Å². The number of hydrogen-bond acceptors (Lipinski definition) is 6. The molecule has 0 aromatic heterocycles. The lowest BCUT2D eigenvalue weighted by Crippen LogP contribution is -2.55. The van der Waals surface area contributed by atoms with Crippen molar-refractivity contribution in [2.24, 2.45) is 0 Å². The fourth-order valence-electron chi connectivity index (χ4n) is 3.29. The fourth-order valence-corrected chi connectivity index (χ4v) is 3.53. The van der Waals surface area contributed by atoms with Gasteiger partial charge in [0, 0.05) is 11.1 Å². The molecule has 0 radical (unpaired) electrons. The molecular formula is C20H21ClF2O6. The molecule has 2 aromatic carbocycles. The summed E-state index contributed by atoms with van der Waals surface area (Å²) in [5.41, 5.74) is -0.709. The quantitative estimate of drug-likeness (QED) is 0.579. The Morgan fingerprint density at radius 2 is 1.69 bits per heavy atom. The molecule has 4 N–H and O–H groups in total. The Bertz CT molecular complexity index is 845. The van der Waals surface area contributed by atoms with Gasteiger partial charge in [-0.2, -0.15) is 8.78 Å². The molecule has 0 unspecified atom stereocenters. The Morgan fingerprint density at radius 1 is 1.03 bits per heavy atom. The lowest BCUT2D eigenvalue weighted by molar-refractivity contribution is -0.231. The summed E-state index contributed by atoms with van der Waals surface area (Å²) in [5, 5.41) is 39.2. The number of ether oxygens (including phenoxy) is 2. The van der Waals surface area contributed by atoms with Crippen LogP contribution < -0.4 is 4.74 Å². The third-order valence-corrected chi connectivity index (χ3v) is 5.33. The van der Waals surface area contributed by atoms with E-state index in [1.165, 1.54) is 43.5 Å². The highest BCUT2D eigenvalue weighted by Gasteiger charge is 2.45. The zero-order chi connectivity index (χ0) is 21.3. The number of methoxy groups -OCH3 is 1. The molecule has 0 spiro atoms. The van der Waals surface area contributed by atoms with Crippen molar-refractivity contribution in [3.63, 3.8) is 0 Å². The number of aliphatic hydroxyl groups excluding tert-OH is 4. The first-order valence-electron chi connectivity index (χ1n) is 8.83. The Morgan fingerprint density at radius 3 is 2.28 bits per heavy atom. The Labute approximate surface area is 170 Å². The highest BCUT2D eigenvalue weighted by Crippen LogP contribution is 2.42. The van der Waals surface area contributed by atoms with E-state index in [2.05, 4.69) is 0 Å². The molecule has 3 rings (SSSR count). The maximum Gasteiger partial charge on any atom is 0.299 e. The van der Waals surface area contributed by atoms with E-state index in [1.54, 1.807) is 0 Å². The number of rotatable bonds is 5. The van der Waals surface area contributed by atoms with Crippen molar-refractivity contribution >= 4 is 11.6 Å². The van der Waals surface area contributed by atoms with E-state index in [4.69, 9.17) is 21.1 Å². The molecule has 1 saturated heterocycles. The van der Waals surface area contributed by atoms with Crippen LogP contribution in [0.1, 0.15) is 22.8 Å². The summed E-state index contributed by atoms with van der Waals surface area (Å²) in [5.74, 6) is -3.04. The second-order valence-electron chi connectivity index (χ2n) is 6.79. The monoisotopic (exact) mass is 430 g/mol. The molecule has 2 aromatic rings. The fraction of sp³-hybridized carbons (Fsp3) is 0.400. The molecule has 1 fully saturated rings. The number of benzene rings is 2. The molecule has 0 saturated carbocycles. The second kappa shape index (κ2) is 8.51. The Kier molecular flexibility index (Phi) is 6.42. The molecule has 1 aliphatic heterocycles. The third kappa shape index (κ3) is 4.09. The smallest absolute Gasteiger partial charge is 0.299 e. The molecule has 1 aliphatic rings. The van der Waals surface area contributed by atoms with Crippen molar-refractivity contribution in [1.29, 1.82) is 0 Å². The van der Waals surface area contributed by atoms with Crippen molar-refractivity contribution in [2.45, 2.75) is 36.4 Å². The average Bonchev–Trinajstić information content (AvgIpc) is 2.73. The lowest BCUT2D eigenvalue weighted by Gasteiger charge is -2.40. The SMILES string of the molecule is COc1ccc(C(F)(F)c2cc([C@@H]3O[C@H](CO)[C@@H](O)[C@H](O)[C@H]3O)ccc2Cl)cc1. The molecule has 0 aliphatic carbocycles. The van der Waals surface area contributed by atoms with Crippen molar-refractivity contribution in [2.75, 3.05) is 13.7 Å². The summed E-state index contributed by atoms with van der Waals surface area (Å²) in [4.78, 5) is 0. The van der Waals surface area contributed by atoms with Crippen LogP contribution in [-0.2, 0) is 10.7 Å². The summed E-state index contributed by atoms with van der Waals surface area (Å²) < 4.78 is 40.7. The van der Waals surface area contributed by atoms with E-state index >= 15 is 8.78 Å². The van der Waals surface area contributed by atoms with Crippen LogP contribution in [0, 0.1) is 0 Å². The molecule has 5 atom stereocenters. The van der Waals surface area contributed by atoms with Crippen LogP contribution in [0.15, 0.2) is 42.5 Å². The van der Waals surface area contributed by atoms with Gasteiger partial charge < -0.3 is 29.9 Å². The van der Waals surface area contributed by atoms with E-state index in [1.807, 2.05) is 0 Å². The first-order chi connectivity index (χ1) is 13.7. The summed E-state index contributed by atoms with van der Waals surface area (Å²) >= 11 is 6.03. The van der Waals surface area contributed by atoms with Crippen LogP contribution in [0.5, 0.6) is 5.75 Å². The lowest BCUT2D eigenvalue weighted by atomic mass is 9.89. The number of alkyl halides is 2. The van der Waals surface area contributed by atoms with Gasteiger partial charge >= 0.3 is 0 Å². The first-order valence-corrected chi connectivity index (χ1v) is 9.21. The molecule has 6 nitrogen and oxygen atoms in total. The van der Waals surface area contributed by atoms with E-state index in [0.29, 0.717) is 5.75 Å². The average molecular weight is 431 g/mol. The largest absolute Gasteiger partial charge is 0.497 e. The van der Waals surface area contributed by atoms with E-state index in [9.17, 15) is 20.4 Å². The van der Waals surface area contributed by atoms with Crippen molar-refractivity contribution in [3.8, 4) is 5.75 Å². The van der Waals surface area contributed by atoms with E-state index in [0.717, 1.165) is 6.07 Å². The zero-order valence-corrected chi connectivity index (χ0v) is 16.1. The van der Waals surface area contributed by atoms with Crippen molar-refractivity contribution in [3.05, 3.63) is 64.2 Å². The standard InChI is InChI=1S/C20H21ClF2O6/c1-28-12-5-3-11(4-6-12)20(22,23)13-8-10(2-7-14(13)21)19-18(27)17(26)16(25)15(9-24)29-19/h2-8,15-19,24-27H,9H2,1H3/t15-,16-,17+,18-,19+/m1/s1. The third-order valence-electron chi connectivity index (χ3n) is 5.00. The van der Waals surface area contributed by atoms with Crippen LogP contribution in [0.4, 0.5) is 8.78 Å². The number of halogens is 3. The molecule has 9 heteroatoms. The number of hydrogen-bond donors (Lipinski definition) is 4. The van der Waals surface area contributed by atoms with Crippen LogP contribution in [0.25, 0.3) is 0 Å². The zero-order valence-electron chi connectivity index (χ0n) is 15.4. The van der Waals surface area contributed by atoms with E-state index in [-0.39, 0.29) is 16.1 Å². The second-order valence-corrected chi connectivity index (χ2v) is 7.20. The van der Waals surface area contributed by atoms with Gasteiger partial charge in [-0.25, -0.2) is 0 Å². The summed E-state index contributed by atoms with van der Waals surface area (Å²) in [6.45, 7) is -0.621. The van der Waals surface area contributed by atoms with Crippen molar-refractivity contribution < 1.29 is 38.7 Å². The predicted molar refractivity (Wildman–Crippen MR) is 100 cm³/mol. The number of aliphatic hydroxyl groups is 4. The highest BCUT2D eigenvalue weighted by molar-refractivity contribution is 6.31. The van der Waals surface area contributed by atoms with Gasteiger partial charge in [0.1, 0.15) is 36.3 Å². The molecular weight excluding hydrogens is 410 g/mol. The van der Waals surface area contributed by atoms with Crippen LogP contribution in [0.3, 0.4) is 0 Å². The van der Waals surface area contributed by atoms with Crippen LogP contribution in [-0.4, -0.2) is 58.6 Å². The summed E-state index contributed by atoms with van der Waals surface area (Å²) in [7, 11) is 1.42. The van der Waals surface area contributed by atoms with Crippen LogP contribution in [0.2, 0.25) is 5.02 Å². The van der Waals surface area contributed by atoms with Crippen molar-refractivity contribution in [1.82, 2.24) is 0 Å².